The zero-order chi connectivity index (χ0) is 24.4. The maximum atomic E-state index is 13.3. The Hall–Kier alpha value is -2.51. The lowest BCUT2D eigenvalue weighted by Gasteiger charge is -2.28. The molecule has 1 saturated carbocycles. The lowest BCUT2D eigenvalue weighted by Crippen LogP contribution is -2.34. The Bertz CT molecular complexity index is 974. The van der Waals surface area contributed by atoms with Crippen molar-refractivity contribution >= 4 is 5.91 Å². The smallest absolute Gasteiger partial charge is 0.394 e. The van der Waals surface area contributed by atoms with Crippen LogP contribution in [-0.4, -0.2) is 35.3 Å². The second-order valence-corrected chi connectivity index (χ2v) is 9.94. The van der Waals surface area contributed by atoms with Gasteiger partial charge in [0.05, 0.1) is 18.2 Å². The van der Waals surface area contributed by atoms with Crippen molar-refractivity contribution in [3.63, 3.8) is 0 Å². The van der Waals surface area contributed by atoms with Crippen molar-refractivity contribution in [2.75, 3.05) is 13.7 Å². The lowest BCUT2D eigenvalue weighted by molar-refractivity contribution is -0.211. The van der Waals surface area contributed by atoms with Crippen LogP contribution in [0.3, 0.4) is 0 Å². The van der Waals surface area contributed by atoms with E-state index in [1.807, 2.05) is 0 Å². The Balaban J connectivity index is 1.75. The Morgan fingerprint density at radius 2 is 1.88 bits per heavy atom. The number of methoxy groups -OCH3 is 1. The van der Waals surface area contributed by atoms with Gasteiger partial charge in [0.25, 0.3) is 5.91 Å². The summed E-state index contributed by atoms with van der Waals surface area (Å²) >= 11 is 0. The van der Waals surface area contributed by atoms with Gasteiger partial charge in [-0.2, -0.15) is 13.2 Å². The number of nitrogens with one attached hydrogen (secondary N) is 1. The molecule has 182 valence electrons. The maximum absolute atomic E-state index is 13.3. The maximum Gasteiger partial charge on any atom is 0.394 e. The molecule has 1 aromatic heterocycles. The van der Waals surface area contributed by atoms with E-state index in [1.165, 1.54) is 33.8 Å². The van der Waals surface area contributed by atoms with E-state index in [0.717, 1.165) is 18.8 Å². The summed E-state index contributed by atoms with van der Waals surface area (Å²) < 4.78 is 47.1. The van der Waals surface area contributed by atoms with E-state index >= 15 is 0 Å². The Kier molecular flexibility index (Phi) is 7.44. The van der Waals surface area contributed by atoms with Crippen LogP contribution in [-0.2, 0) is 6.42 Å². The first kappa shape index (κ1) is 25.1. The molecule has 1 heterocycles. The van der Waals surface area contributed by atoms with Gasteiger partial charge in [0, 0.05) is 12.7 Å². The molecule has 1 amide bonds. The van der Waals surface area contributed by atoms with E-state index in [4.69, 9.17) is 4.74 Å². The number of amides is 1. The number of nitrogens with zero attached hydrogens (tertiary/aromatic N) is 2. The third-order valence-corrected chi connectivity index (χ3v) is 6.72. The van der Waals surface area contributed by atoms with Crippen LogP contribution in [0.4, 0.5) is 13.2 Å². The Morgan fingerprint density at radius 3 is 2.48 bits per heavy atom. The molecule has 1 N–H and O–H groups in total. The average Bonchev–Trinajstić information content (AvgIpc) is 3.13. The molecule has 1 aliphatic rings. The largest absolute Gasteiger partial charge is 0.495 e. The van der Waals surface area contributed by atoms with Crippen molar-refractivity contribution in [1.82, 2.24) is 14.9 Å². The first-order valence-electron chi connectivity index (χ1n) is 11.5. The summed E-state index contributed by atoms with van der Waals surface area (Å²) in [6, 6.07) is 4.99. The third-order valence-electron chi connectivity index (χ3n) is 6.72. The molecule has 0 spiro atoms. The highest BCUT2D eigenvalue weighted by Crippen LogP contribution is 2.41. The highest BCUT2D eigenvalue weighted by molar-refractivity contribution is 5.92. The number of hydrogen-bond acceptors (Lipinski definition) is 3. The number of aromatic nitrogens is 2. The van der Waals surface area contributed by atoms with Gasteiger partial charge in [-0.1, -0.05) is 39.7 Å². The molecular weight excluding hydrogens is 431 g/mol. The van der Waals surface area contributed by atoms with Crippen molar-refractivity contribution in [3.05, 3.63) is 41.5 Å². The summed E-state index contributed by atoms with van der Waals surface area (Å²) in [5.74, 6) is 2.05. The Morgan fingerprint density at radius 1 is 1.21 bits per heavy atom. The molecule has 2 aromatic rings. The summed E-state index contributed by atoms with van der Waals surface area (Å²) in [6.45, 7) is 7.06. The third kappa shape index (κ3) is 5.89. The highest BCUT2D eigenvalue weighted by atomic mass is 19.4. The van der Waals surface area contributed by atoms with Crippen LogP contribution in [0.15, 0.2) is 24.4 Å². The summed E-state index contributed by atoms with van der Waals surface area (Å²) in [5.41, 5.74) is -0.403. The molecule has 33 heavy (non-hydrogen) atoms. The first-order chi connectivity index (χ1) is 15.4. The highest BCUT2D eigenvalue weighted by Gasteiger charge is 2.47. The molecule has 0 bridgehead atoms. The Labute approximate surface area is 193 Å². The summed E-state index contributed by atoms with van der Waals surface area (Å²) in [6.07, 6.45) is 1.83. The molecule has 1 aliphatic carbocycles. The number of benzene rings is 1. The zero-order valence-electron chi connectivity index (χ0n) is 20.1. The second kappa shape index (κ2) is 9.77. The predicted molar refractivity (Wildman–Crippen MR) is 122 cm³/mol. The SMILES string of the molecule is COc1cc(CC(C)(C)C(F)(F)F)ccc1-n1cc(C(=O)NCC2CCC(C)CC2)nc1C. The van der Waals surface area contributed by atoms with Gasteiger partial charge in [-0.15, -0.1) is 0 Å². The van der Waals surface area contributed by atoms with Crippen LogP contribution in [0, 0.1) is 24.2 Å². The van der Waals surface area contributed by atoms with E-state index < -0.39 is 11.6 Å². The molecule has 0 aliphatic heterocycles. The molecule has 1 fully saturated rings. The fraction of sp³-hybridized carbons (Fsp3) is 0.600. The number of hydrogen-bond donors (Lipinski definition) is 1. The minimum absolute atomic E-state index is 0.163. The van der Waals surface area contributed by atoms with Crippen LogP contribution < -0.4 is 10.1 Å². The number of aryl methyl sites for hydroxylation is 1. The van der Waals surface area contributed by atoms with Crippen LogP contribution in [0.2, 0.25) is 0 Å². The van der Waals surface area contributed by atoms with E-state index in [0.29, 0.717) is 41.0 Å². The van der Waals surface area contributed by atoms with Crippen molar-refractivity contribution in [1.29, 1.82) is 0 Å². The van der Waals surface area contributed by atoms with E-state index in [1.54, 1.807) is 35.9 Å². The molecule has 5 nitrogen and oxygen atoms in total. The van der Waals surface area contributed by atoms with Crippen molar-refractivity contribution in [2.24, 2.45) is 17.3 Å². The number of imidazole rings is 1. The molecule has 0 saturated heterocycles. The topological polar surface area (TPSA) is 56.1 Å². The minimum atomic E-state index is -4.31. The molecule has 8 heteroatoms. The van der Waals surface area contributed by atoms with Gasteiger partial charge in [0.15, 0.2) is 0 Å². The van der Waals surface area contributed by atoms with Crippen LogP contribution in [0.5, 0.6) is 5.75 Å². The van der Waals surface area contributed by atoms with Crippen molar-refractivity contribution in [2.45, 2.75) is 66.0 Å². The number of ether oxygens (including phenoxy) is 1. The summed E-state index contributed by atoms with van der Waals surface area (Å²) in [7, 11) is 1.47. The number of carbonyl (C=O) groups excluding carboxylic acids is 1. The van der Waals surface area contributed by atoms with Crippen molar-refractivity contribution < 1.29 is 22.7 Å². The van der Waals surface area contributed by atoms with Crippen molar-refractivity contribution in [3.8, 4) is 11.4 Å². The normalized spacial score (nSPS) is 19.4. The average molecular weight is 466 g/mol. The van der Waals surface area contributed by atoms with E-state index in [2.05, 4.69) is 17.2 Å². The molecular formula is C25H34F3N3O2. The first-order valence-corrected chi connectivity index (χ1v) is 11.5. The van der Waals surface area contributed by atoms with Crippen LogP contribution in [0.1, 0.15) is 68.3 Å². The summed E-state index contributed by atoms with van der Waals surface area (Å²) in [4.78, 5) is 17.1. The standard InChI is InChI=1S/C25H34F3N3O2/c1-16-6-8-18(9-7-16)14-29-23(32)20-15-31(17(2)30-20)21-11-10-19(12-22(21)33-5)13-24(3,4)25(26,27)28/h10-12,15-16,18H,6-9,13-14H2,1-5H3,(H,29,32). The number of alkyl halides is 3. The number of carbonyl (C=O) groups is 1. The number of rotatable bonds is 7. The van der Waals surface area contributed by atoms with E-state index in [-0.39, 0.29) is 12.3 Å². The fourth-order valence-electron chi connectivity index (χ4n) is 4.33. The van der Waals surface area contributed by atoms with Gasteiger partial charge >= 0.3 is 6.18 Å². The number of halogens is 3. The van der Waals surface area contributed by atoms with Gasteiger partial charge in [-0.3, -0.25) is 9.36 Å². The minimum Gasteiger partial charge on any atom is -0.495 e. The zero-order valence-corrected chi connectivity index (χ0v) is 20.1. The summed E-state index contributed by atoms with van der Waals surface area (Å²) in [5, 5.41) is 3.00. The quantitative estimate of drug-likeness (QED) is 0.556. The van der Waals surface area contributed by atoms with E-state index in [9.17, 15) is 18.0 Å². The predicted octanol–water partition coefficient (Wildman–Crippen LogP) is 5.88. The van der Waals surface area contributed by atoms with Gasteiger partial charge < -0.3 is 10.1 Å². The molecule has 0 unspecified atom stereocenters. The molecule has 0 atom stereocenters. The molecule has 0 radical (unpaired) electrons. The van der Waals surface area contributed by atoms with Gasteiger partial charge in [-0.25, -0.2) is 4.98 Å². The molecule has 1 aromatic carbocycles. The lowest BCUT2D eigenvalue weighted by atomic mass is 9.83. The van der Waals surface area contributed by atoms with Crippen LogP contribution in [0.25, 0.3) is 5.69 Å². The van der Waals surface area contributed by atoms with Crippen LogP contribution >= 0.6 is 0 Å². The van der Waals surface area contributed by atoms with Gasteiger partial charge in [-0.05, 0) is 55.7 Å². The monoisotopic (exact) mass is 465 g/mol. The van der Waals surface area contributed by atoms with Gasteiger partial charge in [0.2, 0.25) is 0 Å². The molecule has 3 rings (SSSR count). The fourth-order valence-corrected chi connectivity index (χ4v) is 4.33. The second-order valence-electron chi connectivity index (χ2n) is 9.94. The van der Waals surface area contributed by atoms with Gasteiger partial charge in [0.1, 0.15) is 17.3 Å².